The largest absolute Gasteiger partial charge is 0.478 e. The third-order valence-corrected chi connectivity index (χ3v) is 3.35. The molecule has 3 rings (SSSR count). The average molecular weight is 267 g/mol. The minimum Gasteiger partial charge on any atom is -0.478 e. The number of fused-ring (bicyclic) bond motifs is 1. The maximum atomic E-state index is 11.1. The minimum atomic E-state index is -0.994. The third kappa shape index (κ3) is 1.75. The minimum absolute atomic E-state index is 0.166. The van der Waals surface area contributed by atoms with Crippen LogP contribution in [0.2, 0.25) is 0 Å². The van der Waals surface area contributed by atoms with Crippen molar-refractivity contribution in [3.8, 4) is 11.1 Å². The van der Waals surface area contributed by atoms with E-state index in [2.05, 4.69) is 10.1 Å². The quantitative estimate of drug-likeness (QED) is 0.775. The van der Waals surface area contributed by atoms with Gasteiger partial charge in [-0.05, 0) is 19.4 Å². The summed E-state index contributed by atoms with van der Waals surface area (Å²) in [7, 11) is 0. The van der Waals surface area contributed by atoms with Crippen LogP contribution in [-0.4, -0.2) is 25.7 Å². The molecule has 20 heavy (non-hydrogen) atoms. The molecule has 0 saturated heterocycles. The van der Waals surface area contributed by atoms with Gasteiger partial charge in [-0.1, -0.05) is 30.3 Å². The summed E-state index contributed by atoms with van der Waals surface area (Å²) < 4.78 is 1.60. The number of aryl methyl sites for hydroxylation is 2. The van der Waals surface area contributed by atoms with Gasteiger partial charge in [0.2, 0.25) is 0 Å². The Labute approximate surface area is 115 Å². The summed E-state index contributed by atoms with van der Waals surface area (Å²) in [5, 5.41) is 13.6. The van der Waals surface area contributed by atoms with Crippen molar-refractivity contribution in [3.05, 3.63) is 53.5 Å². The van der Waals surface area contributed by atoms with Gasteiger partial charge in [-0.2, -0.15) is 5.10 Å². The Hall–Kier alpha value is -2.69. The number of benzene rings is 1. The summed E-state index contributed by atoms with van der Waals surface area (Å²) in [6.45, 7) is 3.64. The zero-order valence-electron chi connectivity index (χ0n) is 11.2. The Morgan fingerprint density at radius 3 is 2.55 bits per heavy atom. The molecular weight excluding hydrogens is 254 g/mol. The SMILES string of the molecule is Cc1nn2c(C)c(C(=O)O)cnc2c1-c1ccccc1. The second-order valence-corrected chi connectivity index (χ2v) is 4.62. The van der Waals surface area contributed by atoms with Crippen LogP contribution >= 0.6 is 0 Å². The molecule has 2 heterocycles. The lowest BCUT2D eigenvalue weighted by Gasteiger charge is -2.04. The fraction of sp³-hybridized carbons (Fsp3) is 0.133. The van der Waals surface area contributed by atoms with E-state index in [4.69, 9.17) is 5.11 Å². The summed E-state index contributed by atoms with van der Waals surface area (Å²) >= 11 is 0. The van der Waals surface area contributed by atoms with Crippen LogP contribution in [0.1, 0.15) is 21.7 Å². The number of nitrogens with zero attached hydrogens (tertiary/aromatic N) is 3. The average Bonchev–Trinajstić information content (AvgIpc) is 2.77. The van der Waals surface area contributed by atoms with Crippen molar-refractivity contribution in [2.75, 3.05) is 0 Å². The van der Waals surface area contributed by atoms with Gasteiger partial charge in [0.15, 0.2) is 5.65 Å². The summed E-state index contributed by atoms with van der Waals surface area (Å²) in [5.74, 6) is -0.994. The van der Waals surface area contributed by atoms with Crippen LogP contribution in [0.5, 0.6) is 0 Å². The molecule has 1 N–H and O–H groups in total. The van der Waals surface area contributed by atoms with Gasteiger partial charge in [0.05, 0.1) is 17.0 Å². The van der Waals surface area contributed by atoms with E-state index >= 15 is 0 Å². The Morgan fingerprint density at radius 2 is 1.90 bits per heavy atom. The fourth-order valence-corrected chi connectivity index (χ4v) is 2.35. The number of carboxylic acids is 1. The van der Waals surface area contributed by atoms with Crippen molar-refractivity contribution in [1.82, 2.24) is 14.6 Å². The van der Waals surface area contributed by atoms with Crippen LogP contribution in [0, 0.1) is 13.8 Å². The molecule has 0 saturated carbocycles. The molecule has 0 aliphatic carbocycles. The number of aromatic nitrogens is 3. The highest BCUT2D eigenvalue weighted by atomic mass is 16.4. The molecule has 100 valence electrons. The molecule has 0 amide bonds. The lowest BCUT2D eigenvalue weighted by atomic mass is 10.1. The molecule has 0 bridgehead atoms. The fourth-order valence-electron chi connectivity index (χ4n) is 2.35. The highest BCUT2D eigenvalue weighted by Gasteiger charge is 2.17. The zero-order valence-corrected chi connectivity index (χ0v) is 11.2. The molecule has 0 spiro atoms. The number of carbonyl (C=O) groups is 1. The zero-order chi connectivity index (χ0) is 14.3. The van der Waals surface area contributed by atoms with Crippen LogP contribution in [0.15, 0.2) is 36.5 Å². The summed E-state index contributed by atoms with van der Waals surface area (Å²) in [6.07, 6.45) is 1.39. The molecule has 5 nitrogen and oxygen atoms in total. The van der Waals surface area contributed by atoms with Crippen molar-refractivity contribution < 1.29 is 9.90 Å². The number of aromatic carboxylic acids is 1. The number of rotatable bonds is 2. The number of hydrogen-bond acceptors (Lipinski definition) is 3. The van der Waals surface area contributed by atoms with E-state index in [9.17, 15) is 4.79 Å². The normalized spacial score (nSPS) is 10.9. The van der Waals surface area contributed by atoms with Gasteiger partial charge in [-0.25, -0.2) is 14.3 Å². The maximum absolute atomic E-state index is 11.1. The summed E-state index contributed by atoms with van der Waals surface area (Å²) in [5.41, 5.74) is 4.21. The van der Waals surface area contributed by atoms with Crippen molar-refractivity contribution in [2.24, 2.45) is 0 Å². The van der Waals surface area contributed by atoms with Crippen LogP contribution in [0.3, 0.4) is 0 Å². The lowest BCUT2D eigenvalue weighted by Crippen LogP contribution is -2.07. The smallest absolute Gasteiger partial charge is 0.339 e. The molecule has 0 unspecified atom stereocenters. The van der Waals surface area contributed by atoms with Crippen LogP contribution in [0.4, 0.5) is 0 Å². The van der Waals surface area contributed by atoms with Gasteiger partial charge >= 0.3 is 5.97 Å². The number of hydrogen-bond donors (Lipinski definition) is 1. The maximum Gasteiger partial charge on any atom is 0.339 e. The summed E-state index contributed by atoms with van der Waals surface area (Å²) in [4.78, 5) is 15.4. The van der Waals surface area contributed by atoms with E-state index < -0.39 is 5.97 Å². The second kappa shape index (κ2) is 4.45. The molecule has 2 aromatic heterocycles. The highest BCUT2D eigenvalue weighted by Crippen LogP contribution is 2.27. The van der Waals surface area contributed by atoms with Gasteiger partial charge in [-0.15, -0.1) is 0 Å². The first-order chi connectivity index (χ1) is 9.59. The van der Waals surface area contributed by atoms with Gasteiger partial charge in [-0.3, -0.25) is 0 Å². The monoisotopic (exact) mass is 267 g/mol. The third-order valence-electron chi connectivity index (χ3n) is 3.35. The first-order valence-corrected chi connectivity index (χ1v) is 6.23. The molecule has 0 fully saturated rings. The van der Waals surface area contributed by atoms with Crippen LogP contribution < -0.4 is 0 Å². The van der Waals surface area contributed by atoms with Crippen molar-refractivity contribution >= 4 is 11.6 Å². The summed E-state index contributed by atoms with van der Waals surface area (Å²) in [6, 6.07) is 9.84. The van der Waals surface area contributed by atoms with Gasteiger partial charge in [0.25, 0.3) is 0 Å². The molecule has 0 atom stereocenters. The molecule has 3 aromatic rings. The van der Waals surface area contributed by atoms with Gasteiger partial charge in [0, 0.05) is 11.8 Å². The van der Waals surface area contributed by atoms with Gasteiger partial charge < -0.3 is 5.11 Å². The molecular formula is C15H13N3O2. The van der Waals surface area contributed by atoms with E-state index in [0.717, 1.165) is 16.8 Å². The van der Waals surface area contributed by atoms with E-state index in [1.54, 1.807) is 11.4 Å². The van der Waals surface area contributed by atoms with E-state index in [1.807, 2.05) is 37.3 Å². The van der Waals surface area contributed by atoms with Crippen molar-refractivity contribution in [2.45, 2.75) is 13.8 Å². The first-order valence-electron chi connectivity index (χ1n) is 6.23. The molecule has 0 aliphatic rings. The Bertz CT molecular complexity index is 807. The Kier molecular flexibility index (Phi) is 2.75. The second-order valence-electron chi connectivity index (χ2n) is 4.62. The van der Waals surface area contributed by atoms with Gasteiger partial charge in [0.1, 0.15) is 0 Å². The lowest BCUT2D eigenvalue weighted by molar-refractivity contribution is 0.0695. The van der Waals surface area contributed by atoms with Crippen molar-refractivity contribution in [1.29, 1.82) is 0 Å². The van der Waals surface area contributed by atoms with Crippen LogP contribution in [0.25, 0.3) is 16.8 Å². The van der Waals surface area contributed by atoms with Crippen molar-refractivity contribution in [3.63, 3.8) is 0 Å². The highest BCUT2D eigenvalue weighted by molar-refractivity contribution is 5.89. The van der Waals surface area contributed by atoms with E-state index in [1.165, 1.54) is 6.20 Å². The molecule has 1 aromatic carbocycles. The predicted molar refractivity (Wildman–Crippen MR) is 74.9 cm³/mol. The van der Waals surface area contributed by atoms with E-state index in [-0.39, 0.29) is 5.56 Å². The molecule has 5 heteroatoms. The topological polar surface area (TPSA) is 67.5 Å². The van der Waals surface area contributed by atoms with Crippen LogP contribution in [-0.2, 0) is 0 Å². The standard InChI is InChI=1S/C15H13N3O2/c1-9-13(11-6-4-3-5-7-11)14-16-8-12(15(19)20)10(2)18(14)17-9/h3-8H,1-2H3,(H,19,20). The predicted octanol–water partition coefficient (Wildman–Crippen LogP) is 2.71. The first kappa shape index (κ1) is 12.3. The Balaban J connectivity index is 2.34. The molecule has 0 aliphatic heterocycles. The van der Waals surface area contributed by atoms with E-state index in [0.29, 0.717) is 11.3 Å². The number of carboxylic acid groups (broad SMARTS) is 1. The molecule has 0 radical (unpaired) electrons. The Morgan fingerprint density at radius 1 is 1.20 bits per heavy atom.